The molecule has 1 aromatic carbocycles. The van der Waals surface area contributed by atoms with Crippen LogP contribution in [0.2, 0.25) is 0 Å². The Morgan fingerprint density at radius 2 is 1.65 bits per heavy atom. The fraction of sp³-hybridized carbons (Fsp3) is 0.600. The van der Waals surface area contributed by atoms with Crippen molar-refractivity contribution in [2.24, 2.45) is 5.92 Å². The molecular formula is C15H22O2. The van der Waals surface area contributed by atoms with Crippen molar-refractivity contribution in [2.75, 3.05) is 13.2 Å². The van der Waals surface area contributed by atoms with E-state index in [9.17, 15) is 0 Å². The predicted molar refractivity (Wildman–Crippen MR) is 69.1 cm³/mol. The van der Waals surface area contributed by atoms with Crippen molar-refractivity contribution in [1.29, 1.82) is 0 Å². The van der Waals surface area contributed by atoms with Crippen LogP contribution < -0.4 is 0 Å². The second kappa shape index (κ2) is 5.65. The Morgan fingerprint density at radius 3 is 2.18 bits per heavy atom. The van der Waals surface area contributed by atoms with E-state index in [4.69, 9.17) is 9.47 Å². The molecule has 1 atom stereocenters. The lowest BCUT2D eigenvalue weighted by atomic mass is 9.97. The molecule has 0 aromatic heterocycles. The van der Waals surface area contributed by atoms with Gasteiger partial charge in [0, 0.05) is 5.92 Å². The number of benzene rings is 1. The first kappa shape index (κ1) is 12.6. The van der Waals surface area contributed by atoms with E-state index in [1.54, 1.807) is 0 Å². The normalized spacial score (nSPS) is 18.8. The average molecular weight is 234 g/mol. The molecule has 0 bridgehead atoms. The molecule has 1 aliphatic rings. The van der Waals surface area contributed by atoms with Crippen molar-refractivity contribution in [3.63, 3.8) is 0 Å². The van der Waals surface area contributed by atoms with E-state index in [1.165, 1.54) is 11.1 Å². The van der Waals surface area contributed by atoms with E-state index >= 15 is 0 Å². The van der Waals surface area contributed by atoms with Crippen LogP contribution in [0, 0.1) is 5.92 Å². The highest BCUT2D eigenvalue weighted by atomic mass is 16.7. The van der Waals surface area contributed by atoms with E-state index in [2.05, 4.69) is 45.0 Å². The highest BCUT2D eigenvalue weighted by Gasteiger charge is 2.23. The van der Waals surface area contributed by atoms with Gasteiger partial charge in [-0.25, -0.2) is 0 Å². The molecule has 1 saturated heterocycles. The minimum absolute atomic E-state index is 0.0141. The van der Waals surface area contributed by atoms with Gasteiger partial charge in [-0.15, -0.1) is 0 Å². The molecule has 0 N–H and O–H groups in total. The zero-order chi connectivity index (χ0) is 12.3. The number of ether oxygens (including phenoxy) is 2. The summed E-state index contributed by atoms with van der Waals surface area (Å²) in [6, 6.07) is 8.90. The van der Waals surface area contributed by atoms with Gasteiger partial charge in [0.2, 0.25) is 0 Å². The molecule has 94 valence electrons. The highest BCUT2D eigenvalue weighted by Crippen LogP contribution is 2.21. The minimum Gasteiger partial charge on any atom is -0.350 e. The lowest BCUT2D eigenvalue weighted by Gasteiger charge is -2.18. The Balaban J connectivity index is 1.93. The van der Waals surface area contributed by atoms with Gasteiger partial charge in [-0.05, 0) is 23.5 Å². The van der Waals surface area contributed by atoms with E-state index in [0.29, 0.717) is 11.8 Å². The van der Waals surface area contributed by atoms with Gasteiger partial charge in [-0.3, -0.25) is 0 Å². The Bertz CT molecular complexity index is 336. The summed E-state index contributed by atoms with van der Waals surface area (Å²) >= 11 is 0. The molecule has 0 radical (unpaired) electrons. The molecule has 0 saturated carbocycles. The number of rotatable bonds is 4. The van der Waals surface area contributed by atoms with Crippen LogP contribution in [0.3, 0.4) is 0 Å². The summed E-state index contributed by atoms with van der Waals surface area (Å²) in [5.41, 5.74) is 2.76. The molecule has 2 rings (SSSR count). The fourth-order valence-corrected chi connectivity index (χ4v) is 2.21. The van der Waals surface area contributed by atoms with E-state index in [1.807, 2.05) is 0 Å². The standard InChI is InChI=1S/C15H22O2/c1-11(2)14-6-4-13(5-7-14)10-12(3)15-16-8-9-17-15/h4-7,11-12,15H,8-10H2,1-3H3. The molecule has 1 aromatic rings. The third-order valence-corrected chi connectivity index (χ3v) is 3.32. The van der Waals surface area contributed by atoms with Crippen LogP contribution in [0.4, 0.5) is 0 Å². The molecule has 17 heavy (non-hydrogen) atoms. The maximum absolute atomic E-state index is 5.53. The van der Waals surface area contributed by atoms with Gasteiger partial charge in [-0.2, -0.15) is 0 Å². The first-order valence-corrected chi connectivity index (χ1v) is 6.49. The van der Waals surface area contributed by atoms with Crippen LogP contribution in [0.5, 0.6) is 0 Å². The second-order valence-corrected chi connectivity index (χ2v) is 5.19. The maximum Gasteiger partial charge on any atom is 0.160 e. The first-order valence-electron chi connectivity index (χ1n) is 6.49. The Kier molecular flexibility index (Phi) is 4.19. The lowest BCUT2D eigenvalue weighted by molar-refractivity contribution is -0.0780. The van der Waals surface area contributed by atoms with Crippen molar-refractivity contribution < 1.29 is 9.47 Å². The summed E-state index contributed by atoms with van der Waals surface area (Å²) in [5, 5.41) is 0. The molecule has 2 heteroatoms. The second-order valence-electron chi connectivity index (χ2n) is 5.19. The molecule has 1 heterocycles. The highest BCUT2D eigenvalue weighted by molar-refractivity contribution is 5.24. The largest absolute Gasteiger partial charge is 0.350 e. The van der Waals surface area contributed by atoms with Gasteiger partial charge >= 0.3 is 0 Å². The Morgan fingerprint density at radius 1 is 1.06 bits per heavy atom. The summed E-state index contributed by atoms with van der Waals surface area (Å²) in [5.74, 6) is 1.02. The topological polar surface area (TPSA) is 18.5 Å². The SMILES string of the molecule is CC(C)c1ccc(CC(C)C2OCCO2)cc1. The van der Waals surface area contributed by atoms with Crippen LogP contribution in [0.1, 0.15) is 37.8 Å². The zero-order valence-corrected chi connectivity index (χ0v) is 11.0. The maximum atomic E-state index is 5.53. The van der Waals surface area contributed by atoms with E-state index < -0.39 is 0 Å². The molecule has 2 nitrogen and oxygen atoms in total. The van der Waals surface area contributed by atoms with Gasteiger partial charge < -0.3 is 9.47 Å². The van der Waals surface area contributed by atoms with Crippen LogP contribution in [-0.4, -0.2) is 19.5 Å². The van der Waals surface area contributed by atoms with Crippen molar-refractivity contribution in [2.45, 2.75) is 39.4 Å². The summed E-state index contributed by atoms with van der Waals surface area (Å²) in [6.45, 7) is 8.10. The van der Waals surface area contributed by atoms with E-state index in [-0.39, 0.29) is 6.29 Å². The number of hydrogen-bond donors (Lipinski definition) is 0. The Hall–Kier alpha value is -0.860. The van der Waals surface area contributed by atoms with Crippen molar-refractivity contribution in [3.05, 3.63) is 35.4 Å². The number of hydrogen-bond acceptors (Lipinski definition) is 2. The fourth-order valence-electron chi connectivity index (χ4n) is 2.21. The van der Waals surface area contributed by atoms with Gasteiger partial charge in [-0.1, -0.05) is 45.0 Å². The quantitative estimate of drug-likeness (QED) is 0.795. The molecule has 0 aliphatic carbocycles. The molecule has 0 spiro atoms. The van der Waals surface area contributed by atoms with Crippen LogP contribution in [0.15, 0.2) is 24.3 Å². The third-order valence-electron chi connectivity index (χ3n) is 3.32. The van der Waals surface area contributed by atoms with Gasteiger partial charge in [0.05, 0.1) is 13.2 Å². The third kappa shape index (κ3) is 3.30. The van der Waals surface area contributed by atoms with Crippen LogP contribution in [0.25, 0.3) is 0 Å². The van der Waals surface area contributed by atoms with E-state index in [0.717, 1.165) is 19.6 Å². The smallest absolute Gasteiger partial charge is 0.160 e. The van der Waals surface area contributed by atoms with Crippen LogP contribution >= 0.6 is 0 Å². The molecule has 1 unspecified atom stereocenters. The lowest BCUT2D eigenvalue weighted by Crippen LogP contribution is -2.20. The van der Waals surface area contributed by atoms with Crippen molar-refractivity contribution in [3.8, 4) is 0 Å². The molecule has 0 amide bonds. The minimum atomic E-state index is -0.0141. The van der Waals surface area contributed by atoms with Crippen molar-refractivity contribution in [1.82, 2.24) is 0 Å². The zero-order valence-electron chi connectivity index (χ0n) is 11.0. The molecule has 1 fully saturated rings. The molecule has 1 aliphatic heterocycles. The van der Waals surface area contributed by atoms with Crippen molar-refractivity contribution >= 4 is 0 Å². The van der Waals surface area contributed by atoms with Crippen LogP contribution in [-0.2, 0) is 15.9 Å². The average Bonchev–Trinajstić information content (AvgIpc) is 2.83. The summed E-state index contributed by atoms with van der Waals surface area (Å²) < 4.78 is 11.1. The monoisotopic (exact) mass is 234 g/mol. The van der Waals surface area contributed by atoms with Gasteiger partial charge in [0.1, 0.15) is 0 Å². The van der Waals surface area contributed by atoms with Gasteiger partial charge in [0.25, 0.3) is 0 Å². The predicted octanol–water partition coefficient (Wildman–Crippen LogP) is 3.36. The molecular weight excluding hydrogens is 212 g/mol. The summed E-state index contributed by atoms with van der Waals surface area (Å²) in [6.07, 6.45) is 1.00. The first-order chi connectivity index (χ1) is 8.16. The Labute approximate surface area is 104 Å². The summed E-state index contributed by atoms with van der Waals surface area (Å²) in [4.78, 5) is 0. The summed E-state index contributed by atoms with van der Waals surface area (Å²) in [7, 11) is 0. The van der Waals surface area contributed by atoms with Gasteiger partial charge in [0.15, 0.2) is 6.29 Å².